The molecule has 0 fully saturated rings. The standard InChI is InChI=1S/C29H28N2O/c1-19(2)26-18-32-27(30-26)17-31-15-22-13-11-20-7-3-5-9-24(20)28(22)29-23(16-31)14-12-21-8-4-6-10-25(21)29/h3-14,19,26H,15-18H2,1-2H3/t26-/m1/s1. The monoisotopic (exact) mass is 420 g/mol. The molecule has 32 heavy (non-hydrogen) atoms. The van der Waals surface area contributed by atoms with Crippen LogP contribution in [0, 0.1) is 5.92 Å². The summed E-state index contributed by atoms with van der Waals surface area (Å²) in [5.74, 6) is 1.39. The predicted octanol–water partition coefficient (Wildman–Crippen LogP) is 6.43. The Balaban J connectivity index is 1.52. The lowest BCUT2D eigenvalue weighted by atomic mass is 9.88. The van der Waals surface area contributed by atoms with E-state index in [1.807, 2.05) is 0 Å². The zero-order valence-electron chi connectivity index (χ0n) is 18.7. The number of fused-ring (bicyclic) bond motifs is 7. The van der Waals surface area contributed by atoms with Crippen molar-refractivity contribution >= 4 is 27.4 Å². The van der Waals surface area contributed by atoms with E-state index in [1.165, 1.54) is 43.8 Å². The summed E-state index contributed by atoms with van der Waals surface area (Å²) in [6, 6.07) is 27.0. The lowest BCUT2D eigenvalue weighted by molar-refractivity contribution is 0.248. The van der Waals surface area contributed by atoms with Gasteiger partial charge in [-0.15, -0.1) is 0 Å². The number of nitrogens with zero attached hydrogens (tertiary/aromatic N) is 2. The molecule has 0 spiro atoms. The van der Waals surface area contributed by atoms with Crippen molar-refractivity contribution in [2.75, 3.05) is 13.2 Å². The molecule has 0 radical (unpaired) electrons. The van der Waals surface area contributed by atoms with E-state index in [1.54, 1.807) is 0 Å². The molecule has 0 aliphatic carbocycles. The van der Waals surface area contributed by atoms with Crippen LogP contribution >= 0.6 is 0 Å². The average molecular weight is 421 g/mol. The first-order valence-corrected chi connectivity index (χ1v) is 11.6. The molecule has 4 aromatic rings. The first kappa shape index (κ1) is 19.5. The van der Waals surface area contributed by atoms with Gasteiger partial charge in [-0.25, -0.2) is 4.99 Å². The van der Waals surface area contributed by atoms with E-state index in [-0.39, 0.29) is 6.04 Å². The van der Waals surface area contributed by atoms with Crippen molar-refractivity contribution in [1.82, 2.24) is 4.90 Å². The summed E-state index contributed by atoms with van der Waals surface area (Å²) in [4.78, 5) is 7.36. The molecule has 0 aromatic heterocycles. The molecule has 2 aliphatic rings. The van der Waals surface area contributed by atoms with Gasteiger partial charge in [0.15, 0.2) is 5.90 Å². The van der Waals surface area contributed by atoms with Gasteiger partial charge in [-0.05, 0) is 49.7 Å². The van der Waals surface area contributed by atoms with E-state index in [0.717, 1.165) is 25.5 Å². The minimum atomic E-state index is 0.282. The highest BCUT2D eigenvalue weighted by molar-refractivity contribution is 6.08. The van der Waals surface area contributed by atoms with Gasteiger partial charge in [-0.2, -0.15) is 0 Å². The maximum absolute atomic E-state index is 6.00. The van der Waals surface area contributed by atoms with Crippen molar-refractivity contribution in [2.24, 2.45) is 10.9 Å². The van der Waals surface area contributed by atoms with Crippen LogP contribution in [0.15, 0.2) is 77.8 Å². The summed E-state index contributed by atoms with van der Waals surface area (Å²) < 4.78 is 6.00. The smallest absolute Gasteiger partial charge is 0.198 e. The Labute approximate surface area is 189 Å². The molecule has 2 heterocycles. The third-order valence-electron chi connectivity index (χ3n) is 6.93. The first-order chi connectivity index (χ1) is 15.7. The molecule has 0 N–H and O–H groups in total. The molecule has 160 valence electrons. The number of benzene rings is 4. The number of ether oxygens (including phenoxy) is 1. The number of rotatable bonds is 3. The fourth-order valence-corrected chi connectivity index (χ4v) is 5.20. The van der Waals surface area contributed by atoms with Crippen LogP contribution in [0.5, 0.6) is 0 Å². The van der Waals surface area contributed by atoms with Gasteiger partial charge in [0.1, 0.15) is 6.61 Å². The summed E-state index contributed by atoms with van der Waals surface area (Å²) in [6.45, 7) is 7.67. The quantitative estimate of drug-likeness (QED) is 0.382. The predicted molar refractivity (Wildman–Crippen MR) is 133 cm³/mol. The van der Waals surface area contributed by atoms with Gasteiger partial charge >= 0.3 is 0 Å². The molecule has 3 heteroatoms. The van der Waals surface area contributed by atoms with Crippen LogP contribution in [0.4, 0.5) is 0 Å². The Hall–Kier alpha value is -3.17. The van der Waals surface area contributed by atoms with Crippen LogP contribution in [0.1, 0.15) is 25.0 Å². The van der Waals surface area contributed by atoms with Crippen LogP contribution in [-0.4, -0.2) is 30.0 Å². The molecule has 0 unspecified atom stereocenters. The normalized spacial score (nSPS) is 18.3. The van der Waals surface area contributed by atoms with Gasteiger partial charge in [0, 0.05) is 13.1 Å². The molecular weight excluding hydrogens is 392 g/mol. The highest BCUT2D eigenvalue weighted by atomic mass is 16.5. The SMILES string of the molecule is CC(C)[C@H]1COC(CN2Cc3ccc4ccccc4c3-c3c(ccc4ccccc34)C2)=N1. The molecule has 2 aliphatic heterocycles. The summed E-state index contributed by atoms with van der Waals surface area (Å²) >= 11 is 0. The molecule has 6 rings (SSSR count). The van der Waals surface area contributed by atoms with Crippen LogP contribution in [0.25, 0.3) is 32.7 Å². The van der Waals surface area contributed by atoms with Gasteiger partial charge in [0.2, 0.25) is 0 Å². The highest BCUT2D eigenvalue weighted by Crippen LogP contribution is 2.42. The van der Waals surface area contributed by atoms with Crippen LogP contribution < -0.4 is 0 Å². The van der Waals surface area contributed by atoms with Crippen molar-refractivity contribution in [3.8, 4) is 11.1 Å². The fourth-order valence-electron chi connectivity index (χ4n) is 5.20. The third-order valence-corrected chi connectivity index (χ3v) is 6.93. The van der Waals surface area contributed by atoms with E-state index >= 15 is 0 Å². The lowest BCUT2D eigenvalue weighted by Crippen LogP contribution is -2.28. The van der Waals surface area contributed by atoms with E-state index in [0.29, 0.717) is 12.5 Å². The maximum atomic E-state index is 6.00. The third kappa shape index (κ3) is 3.28. The minimum Gasteiger partial charge on any atom is -0.478 e. The second-order valence-electron chi connectivity index (χ2n) is 9.43. The van der Waals surface area contributed by atoms with Gasteiger partial charge in [-0.1, -0.05) is 86.6 Å². The molecule has 0 bridgehead atoms. The van der Waals surface area contributed by atoms with Crippen molar-refractivity contribution in [1.29, 1.82) is 0 Å². The van der Waals surface area contributed by atoms with Gasteiger partial charge in [0.05, 0.1) is 12.6 Å². The second-order valence-corrected chi connectivity index (χ2v) is 9.43. The molecule has 1 atom stereocenters. The number of hydrogen-bond acceptors (Lipinski definition) is 3. The second kappa shape index (κ2) is 7.75. The summed E-state index contributed by atoms with van der Waals surface area (Å²) in [5, 5.41) is 5.25. The maximum Gasteiger partial charge on any atom is 0.198 e. The zero-order chi connectivity index (χ0) is 21.7. The van der Waals surface area contributed by atoms with Crippen LogP contribution in [-0.2, 0) is 17.8 Å². The van der Waals surface area contributed by atoms with Gasteiger partial charge < -0.3 is 4.74 Å². The van der Waals surface area contributed by atoms with E-state index in [4.69, 9.17) is 9.73 Å². The Morgan fingerprint density at radius 1 is 0.812 bits per heavy atom. The van der Waals surface area contributed by atoms with Crippen LogP contribution in [0.3, 0.4) is 0 Å². The largest absolute Gasteiger partial charge is 0.478 e. The number of hydrogen-bond donors (Lipinski definition) is 0. The summed E-state index contributed by atoms with van der Waals surface area (Å²) in [5.41, 5.74) is 5.51. The Morgan fingerprint density at radius 2 is 1.38 bits per heavy atom. The van der Waals surface area contributed by atoms with Crippen molar-refractivity contribution in [2.45, 2.75) is 33.0 Å². The van der Waals surface area contributed by atoms with Crippen molar-refractivity contribution in [3.63, 3.8) is 0 Å². The molecular formula is C29H28N2O. The molecule has 3 nitrogen and oxygen atoms in total. The topological polar surface area (TPSA) is 24.8 Å². The summed E-state index contributed by atoms with van der Waals surface area (Å²) in [7, 11) is 0. The molecule has 0 saturated carbocycles. The first-order valence-electron chi connectivity index (χ1n) is 11.6. The Kier molecular flexibility index (Phi) is 4.73. The summed E-state index contributed by atoms with van der Waals surface area (Å²) in [6.07, 6.45) is 0. The van der Waals surface area contributed by atoms with E-state index in [9.17, 15) is 0 Å². The minimum absolute atomic E-state index is 0.282. The Morgan fingerprint density at radius 3 is 1.91 bits per heavy atom. The fraction of sp³-hybridized carbons (Fsp3) is 0.276. The Bertz CT molecular complexity index is 1270. The average Bonchev–Trinajstić information content (AvgIpc) is 3.21. The molecule has 0 amide bonds. The van der Waals surface area contributed by atoms with Crippen molar-refractivity contribution < 1.29 is 4.74 Å². The number of aliphatic imine (C=N–C) groups is 1. The van der Waals surface area contributed by atoms with Gasteiger partial charge in [-0.3, -0.25) is 4.90 Å². The highest BCUT2D eigenvalue weighted by Gasteiger charge is 2.27. The zero-order valence-corrected chi connectivity index (χ0v) is 18.7. The van der Waals surface area contributed by atoms with E-state index < -0.39 is 0 Å². The van der Waals surface area contributed by atoms with Crippen molar-refractivity contribution in [3.05, 3.63) is 83.9 Å². The van der Waals surface area contributed by atoms with Gasteiger partial charge in [0.25, 0.3) is 0 Å². The van der Waals surface area contributed by atoms with E-state index in [2.05, 4.69) is 91.5 Å². The lowest BCUT2D eigenvalue weighted by Gasteiger charge is -2.20. The molecule has 4 aromatic carbocycles. The van der Waals surface area contributed by atoms with Crippen LogP contribution in [0.2, 0.25) is 0 Å². The molecule has 0 saturated heterocycles.